The van der Waals surface area contributed by atoms with Crippen LogP contribution < -0.4 is 0 Å². The van der Waals surface area contributed by atoms with Gasteiger partial charge < -0.3 is 0 Å². The second-order valence-electron chi connectivity index (χ2n) is 6.06. The van der Waals surface area contributed by atoms with Crippen molar-refractivity contribution in [2.24, 2.45) is 0 Å². The summed E-state index contributed by atoms with van der Waals surface area (Å²) in [6.45, 7) is 10.9. The summed E-state index contributed by atoms with van der Waals surface area (Å²) in [7, 11) is 0. The fraction of sp³-hybridized carbons (Fsp3) is 0.444. The fourth-order valence-corrected chi connectivity index (χ4v) is 3.47. The van der Waals surface area contributed by atoms with E-state index in [2.05, 4.69) is 37.8 Å². The molecule has 3 nitrogen and oxygen atoms in total. The van der Waals surface area contributed by atoms with E-state index in [1.165, 1.54) is 5.56 Å². The van der Waals surface area contributed by atoms with E-state index < -0.39 is 0 Å². The van der Waals surface area contributed by atoms with Gasteiger partial charge in [0.2, 0.25) is 0 Å². The Morgan fingerprint density at radius 1 is 1.33 bits per heavy atom. The number of likely N-dealkylation sites (N-methyl/N-ethyl adjacent to an activating group) is 1. The largest absolute Gasteiger partial charge is 0.299 e. The molecule has 1 aromatic heterocycles. The lowest BCUT2D eigenvalue weighted by molar-refractivity contribution is 0.101. The summed E-state index contributed by atoms with van der Waals surface area (Å²) in [5.74, 6) is 0.156. The minimum atomic E-state index is 0.156. The zero-order chi connectivity index (χ0) is 15.1. The lowest BCUT2D eigenvalue weighted by Crippen LogP contribution is -2.32. The molecule has 0 atom stereocenters. The van der Waals surface area contributed by atoms with Crippen LogP contribution >= 0.6 is 0 Å². The highest BCUT2D eigenvalue weighted by Crippen LogP contribution is 2.31. The molecule has 0 saturated carbocycles. The summed E-state index contributed by atoms with van der Waals surface area (Å²) < 4.78 is 0. The molecule has 3 heteroatoms. The SMILES string of the molecule is CCN1CCc2nc3cc(C)cc(C)c3c(C(C)=O)c2C1. The number of hydrogen-bond acceptors (Lipinski definition) is 3. The van der Waals surface area contributed by atoms with Gasteiger partial charge in [-0.3, -0.25) is 14.7 Å². The molecule has 0 fully saturated rings. The van der Waals surface area contributed by atoms with Gasteiger partial charge in [0.15, 0.2) is 5.78 Å². The number of aryl methyl sites for hydroxylation is 2. The number of Topliss-reactive ketones (excluding diaryl/α,β-unsaturated/α-hetero) is 1. The minimum absolute atomic E-state index is 0.156. The topological polar surface area (TPSA) is 33.2 Å². The van der Waals surface area contributed by atoms with Crippen molar-refractivity contribution in [2.45, 2.75) is 40.7 Å². The molecule has 2 heterocycles. The molecular weight excluding hydrogens is 260 g/mol. The first-order valence-electron chi connectivity index (χ1n) is 7.67. The Hall–Kier alpha value is -1.74. The molecule has 2 aromatic rings. The van der Waals surface area contributed by atoms with Gasteiger partial charge in [-0.2, -0.15) is 0 Å². The third-order valence-corrected chi connectivity index (χ3v) is 4.46. The fourth-order valence-electron chi connectivity index (χ4n) is 3.47. The second-order valence-corrected chi connectivity index (χ2v) is 6.06. The Labute approximate surface area is 126 Å². The van der Waals surface area contributed by atoms with E-state index >= 15 is 0 Å². The summed E-state index contributed by atoms with van der Waals surface area (Å²) in [5, 5.41) is 1.05. The smallest absolute Gasteiger partial charge is 0.160 e. The molecule has 21 heavy (non-hydrogen) atoms. The standard InChI is InChI=1S/C18H22N2O/c1-5-20-7-6-15-14(10-20)18(13(4)21)17-12(3)8-11(2)9-16(17)19-15/h8-9H,5-7,10H2,1-4H3. The van der Waals surface area contributed by atoms with E-state index in [9.17, 15) is 4.79 Å². The van der Waals surface area contributed by atoms with E-state index in [0.29, 0.717) is 0 Å². The Kier molecular flexibility index (Phi) is 3.54. The van der Waals surface area contributed by atoms with Gasteiger partial charge in [0, 0.05) is 36.2 Å². The van der Waals surface area contributed by atoms with Gasteiger partial charge in [-0.15, -0.1) is 0 Å². The maximum Gasteiger partial charge on any atom is 0.160 e. The van der Waals surface area contributed by atoms with Gasteiger partial charge in [-0.25, -0.2) is 0 Å². The first-order valence-corrected chi connectivity index (χ1v) is 7.67. The number of pyridine rings is 1. The minimum Gasteiger partial charge on any atom is -0.299 e. The van der Waals surface area contributed by atoms with E-state index in [1.807, 2.05) is 0 Å². The molecule has 1 aromatic carbocycles. The van der Waals surface area contributed by atoms with Crippen LogP contribution in [0.25, 0.3) is 10.9 Å². The molecule has 0 saturated heterocycles. The number of carbonyl (C=O) groups is 1. The Bertz CT molecular complexity index is 734. The van der Waals surface area contributed by atoms with Crippen LogP contribution in [0.15, 0.2) is 12.1 Å². The molecule has 0 aliphatic carbocycles. The Morgan fingerprint density at radius 2 is 2.10 bits per heavy atom. The average Bonchev–Trinajstić information content (AvgIpc) is 2.43. The zero-order valence-corrected chi connectivity index (χ0v) is 13.3. The number of ketones is 1. The number of hydrogen-bond donors (Lipinski definition) is 0. The normalized spacial score (nSPS) is 15.2. The summed E-state index contributed by atoms with van der Waals surface area (Å²) in [6.07, 6.45) is 0.937. The highest BCUT2D eigenvalue weighted by atomic mass is 16.1. The summed E-state index contributed by atoms with van der Waals surface area (Å²) in [6, 6.07) is 4.24. The maximum atomic E-state index is 12.3. The zero-order valence-electron chi connectivity index (χ0n) is 13.3. The molecule has 3 rings (SSSR count). The maximum absolute atomic E-state index is 12.3. The number of fused-ring (bicyclic) bond motifs is 2. The molecule has 0 spiro atoms. The van der Waals surface area contributed by atoms with E-state index in [4.69, 9.17) is 4.98 Å². The average molecular weight is 282 g/mol. The predicted octanol–water partition coefficient (Wildman–Crippen LogP) is 3.43. The van der Waals surface area contributed by atoms with Crippen molar-refractivity contribution in [2.75, 3.05) is 13.1 Å². The summed E-state index contributed by atoms with van der Waals surface area (Å²) in [4.78, 5) is 19.6. The lowest BCUT2D eigenvalue weighted by Gasteiger charge is -2.29. The first kappa shape index (κ1) is 14.2. The molecule has 0 amide bonds. The van der Waals surface area contributed by atoms with Gasteiger partial charge in [-0.1, -0.05) is 13.0 Å². The van der Waals surface area contributed by atoms with Crippen molar-refractivity contribution in [3.8, 4) is 0 Å². The number of aromatic nitrogens is 1. The van der Waals surface area contributed by atoms with E-state index in [0.717, 1.165) is 59.3 Å². The number of carbonyl (C=O) groups excluding carboxylic acids is 1. The third kappa shape index (κ3) is 2.36. The van der Waals surface area contributed by atoms with Crippen LogP contribution in [-0.4, -0.2) is 28.8 Å². The second kappa shape index (κ2) is 5.23. The van der Waals surface area contributed by atoms with Crippen molar-refractivity contribution in [3.05, 3.63) is 40.1 Å². The predicted molar refractivity (Wildman–Crippen MR) is 85.9 cm³/mol. The number of rotatable bonds is 2. The van der Waals surface area contributed by atoms with Crippen molar-refractivity contribution >= 4 is 16.7 Å². The van der Waals surface area contributed by atoms with Gasteiger partial charge in [0.25, 0.3) is 0 Å². The van der Waals surface area contributed by atoms with Crippen molar-refractivity contribution in [1.82, 2.24) is 9.88 Å². The van der Waals surface area contributed by atoms with Gasteiger partial charge >= 0.3 is 0 Å². The summed E-state index contributed by atoms with van der Waals surface area (Å²) in [5.41, 5.74) is 6.48. The highest BCUT2D eigenvalue weighted by Gasteiger charge is 2.24. The lowest BCUT2D eigenvalue weighted by atomic mass is 9.91. The van der Waals surface area contributed by atoms with Crippen LogP contribution in [0.1, 0.15) is 46.6 Å². The van der Waals surface area contributed by atoms with Crippen LogP contribution in [0.2, 0.25) is 0 Å². The molecular formula is C18H22N2O. The van der Waals surface area contributed by atoms with Crippen LogP contribution in [0.5, 0.6) is 0 Å². The van der Waals surface area contributed by atoms with Crippen molar-refractivity contribution in [3.63, 3.8) is 0 Å². The van der Waals surface area contributed by atoms with Gasteiger partial charge in [-0.05, 0) is 50.1 Å². The molecule has 1 aliphatic heterocycles. The van der Waals surface area contributed by atoms with Gasteiger partial charge in [0.1, 0.15) is 0 Å². The first-order chi connectivity index (χ1) is 10.0. The van der Waals surface area contributed by atoms with Crippen LogP contribution in [0, 0.1) is 13.8 Å². The van der Waals surface area contributed by atoms with E-state index in [1.54, 1.807) is 6.92 Å². The van der Waals surface area contributed by atoms with Crippen LogP contribution in [-0.2, 0) is 13.0 Å². The monoisotopic (exact) mass is 282 g/mol. The molecule has 110 valence electrons. The highest BCUT2D eigenvalue weighted by molar-refractivity contribution is 6.09. The Morgan fingerprint density at radius 3 is 2.76 bits per heavy atom. The molecule has 0 unspecified atom stereocenters. The quantitative estimate of drug-likeness (QED) is 0.791. The van der Waals surface area contributed by atoms with Crippen molar-refractivity contribution in [1.29, 1.82) is 0 Å². The molecule has 0 radical (unpaired) electrons. The summed E-state index contributed by atoms with van der Waals surface area (Å²) >= 11 is 0. The Balaban J connectivity index is 2.35. The van der Waals surface area contributed by atoms with Crippen LogP contribution in [0.4, 0.5) is 0 Å². The third-order valence-electron chi connectivity index (χ3n) is 4.46. The molecule has 1 aliphatic rings. The molecule has 0 N–H and O–H groups in total. The van der Waals surface area contributed by atoms with E-state index in [-0.39, 0.29) is 5.78 Å². The number of nitrogens with zero attached hydrogens (tertiary/aromatic N) is 2. The van der Waals surface area contributed by atoms with Gasteiger partial charge in [0.05, 0.1) is 5.52 Å². The molecule has 0 bridgehead atoms. The van der Waals surface area contributed by atoms with Crippen molar-refractivity contribution < 1.29 is 4.79 Å². The van der Waals surface area contributed by atoms with Crippen LogP contribution in [0.3, 0.4) is 0 Å². The number of benzene rings is 1.